The van der Waals surface area contributed by atoms with Gasteiger partial charge < -0.3 is 9.84 Å². The van der Waals surface area contributed by atoms with Gasteiger partial charge in [-0.3, -0.25) is 19.3 Å². The van der Waals surface area contributed by atoms with E-state index in [1.54, 1.807) is 37.3 Å². The van der Waals surface area contributed by atoms with Gasteiger partial charge in [0.25, 0.3) is 15.9 Å². The van der Waals surface area contributed by atoms with Crippen molar-refractivity contribution in [2.45, 2.75) is 83.2 Å². The first-order valence-corrected chi connectivity index (χ1v) is 15.6. The maximum absolute atomic E-state index is 13.7. The first-order chi connectivity index (χ1) is 19.7. The number of fused-ring (bicyclic) bond motifs is 1. The minimum Gasteiger partial charge on any atom is -0.344 e. The number of hydrogen-bond donors (Lipinski definition) is 2. The van der Waals surface area contributed by atoms with Gasteiger partial charge in [0.15, 0.2) is 0 Å². The number of sulfonamides is 1. The molecule has 0 radical (unpaired) electrons. The van der Waals surface area contributed by atoms with E-state index in [1.807, 2.05) is 32.0 Å². The fraction of sp³-hybridized carbons (Fsp3) is 0.433. The van der Waals surface area contributed by atoms with Gasteiger partial charge in [-0.1, -0.05) is 88.2 Å². The molecule has 1 aromatic heterocycles. The van der Waals surface area contributed by atoms with E-state index >= 15 is 0 Å². The number of aliphatic imine (C=N–C) groups is 1. The Labute approximate surface area is 241 Å². The zero-order valence-electron chi connectivity index (χ0n) is 23.9. The third-order valence-corrected chi connectivity index (χ3v) is 8.85. The molecule has 2 atom stereocenters. The van der Waals surface area contributed by atoms with E-state index in [0.29, 0.717) is 24.0 Å². The standard InChI is InChI=1S/C28H31N5O5S.C2H6/c1-3-20(23(34)27-31-24(32-38-27)18-11-5-4-6-12-18)30-26(35)21(17-28(2)15-9-10-16-28)29-25-19-13-7-8-14-22(19)39(36,37)33-25;1-2/h4-8,11-14,20-21H,3,9-10,15-17H2,1-2H3,(H,29,33)(H,30,35);1-2H3/t20-,21?;/m0./s1. The van der Waals surface area contributed by atoms with Crippen molar-refractivity contribution in [2.24, 2.45) is 10.4 Å². The summed E-state index contributed by atoms with van der Waals surface area (Å²) in [6, 6.07) is 13.9. The molecule has 3 aromatic rings. The molecule has 1 fully saturated rings. The molecular formula is C30H37N5O5S. The number of carbonyl (C=O) groups excluding carboxylic acids is 2. The predicted octanol–water partition coefficient (Wildman–Crippen LogP) is 4.92. The summed E-state index contributed by atoms with van der Waals surface area (Å²) >= 11 is 0. The Kier molecular flexibility index (Phi) is 9.37. The van der Waals surface area contributed by atoms with Crippen LogP contribution in [0.15, 0.2) is 69.0 Å². The summed E-state index contributed by atoms with van der Waals surface area (Å²) in [6.07, 6.45) is 4.75. The maximum Gasteiger partial charge on any atom is 0.296 e. The van der Waals surface area contributed by atoms with Gasteiger partial charge in [0.2, 0.25) is 17.5 Å². The molecular weight excluding hydrogens is 542 g/mol. The van der Waals surface area contributed by atoms with Crippen LogP contribution in [0, 0.1) is 5.41 Å². The molecule has 2 aromatic carbocycles. The zero-order chi connectivity index (χ0) is 29.6. The molecule has 1 aliphatic carbocycles. The lowest BCUT2D eigenvalue weighted by molar-refractivity contribution is -0.123. The Hall–Kier alpha value is -3.86. The van der Waals surface area contributed by atoms with Crippen LogP contribution in [-0.4, -0.2) is 48.2 Å². The number of nitrogens with zero attached hydrogens (tertiary/aromatic N) is 3. The molecule has 1 aliphatic heterocycles. The van der Waals surface area contributed by atoms with E-state index in [0.717, 1.165) is 25.7 Å². The topological polar surface area (TPSA) is 144 Å². The second kappa shape index (κ2) is 12.8. The second-order valence-corrected chi connectivity index (χ2v) is 12.1. The smallest absolute Gasteiger partial charge is 0.296 e. The van der Waals surface area contributed by atoms with Crippen molar-refractivity contribution in [3.8, 4) is 11.4 Å². The highest BCUT2D eigenvalue weighted by atomic mass is 32.2. The molecule has 1 saturated carbocycles. The van der Waals surface area contributed by atoms with Gasteiger partial charge in [0, 0.05) is 11.1 Å². The van der Waals surface area contributed by atoms with Crippen LogP contribution in [0.1, 0.15) is 82.5 Å². The molecule has 5 rings (SSSR count). The molecule has 1 amide bonds. The number of benzene rings is 2. The summed E-state index contributed by atoms with van der Waals surface area (Å²) in [5.74, 6) is -0.723. The fourth-order valence-corrected chi connectivity index (χ4v) is 6.52. The Bertz CT molecular complexity index is 1510. The summed E-state index contributed by atoms with van der Waals surface area (Å²) in [6.45, 7) is 7.90. The van der Waals surface area contributed by atoms with Crippen LogP contribution in [0.25, 0.3) is 11.4 Å². The number of amidine groups is 1. The largest absolute Gasteiger partial charge is 0.344 e. The van der Waals surface area contributed by atoms with Crippen LogP contribution in [0.4, 0.5) is 0 Å². The van der Waals surface area contributed by atoms with Gasteiger partial charge >= 0.3 is 0 Å². The van der Waals surface area contributed by atoms with Crippen molar-refractivity contribution < 1.29 is 22.5 Å². The minimum absolute atomic E-state index is 0.119. The zero-order valence-corrected chi connectivity index (χ0v) is 24.7. The molecule has 11 heteroatoms. The summed E-state index contributed by atoms with van der Waals surface area (Å²) < 4.78 is 33.0. The van der Waals surface area contributed by atoms with E-state index < -0.39 is 33.8 Å². The van der Waals surface area contributed by atoms with Crippen molar-refractivity contribution in [1.29, 1.82) is 0 Å². The summed E-state index contributed by atoms with van der Waals surface area (Å²) in [7, 11) is -3.76. The predicted molar refractivity (Wildman–Crippen MR) is 156 cm³/mol. The maximum atomic E-state index is 13.7. The first kappa shape index (κ1) is 30.1. The SMILES string of the molecule is CC.CC[C@H](NC(=O)C(CC1(C)CCCC1)N=C1NS(=O)(=O)c2ccccc21)C(=O)c1nc(-c2ccccc2)no1. The molecule has 0 spiro atoms. The first-order valence-electron chi connectivity index (χ1n) is 14.1. The van der Waals surface area contributed by atoms with Crippen LogP contribution >= 0.6 is 0 Å². The molecule has 2 aliphatic rings. The van der Waals surface area contributed by atoms with Gasteiger partial charge in [-0.05, 0) is 43.2 Å². The van der Waals surface area contributed by atoms with E-state index in [1.165, 1.54) is 6.07 Å². The van der Waals surface area contributed by atoms with Crippen LogP contribution < -0.4 is 10.0 Å². The normalized spacial score (nSPS) is 18.9. The summed E-state index contributed by atoms with van der Waals surface area (Å²) in [4.78, 5) is 35.9. The molecule has 2 heterocycles. The van der Waals surface area contributed by atoms with E-state index in [4.69, 9.17) is 4.52 Å². The van der Waals surface area contributed by atoms with Crippen LogP contribution in [0.2, 0.25) is 0 Å². The van der Waals surface area contributed by atoms with E-state index in [9.17, 15) is 18.0 Å². The second-order valence-electron chi connectivity index (χ2n) is 10.4. The monoisotopic (exact) mass is 579 g/mol. The van der Waals surface area contributed by atoms with Crippen LogP contribution in [-0.2, 0) is 14.8 Å². The van der Waals surface area contributed by atoms with Gasteiger partial charge in [-0.2, -0.15) is 4.98 Å². The van der Waals surface area contributed by atoms with Crippen molar-refractivity contribution in [2.75, 3.05) is 0 Å². The van der Waals surface area contributed by atoms with Gasteiger partial charge in [-0.15, -0.1) is 0 Å². The third-order valence-electron chi connectivity index (χ3n) is 7.46. The Morgan fingerprint density at radius 2 is 1.73 bits per heavy atom. The number of carbonyl (C=O) groups is 2. The molecule has 10 nitrogen and oxygen atoms in total. The minimum atomic E-state index is -3.76. The molecule has 0 bridgehead atoms. The van der Waals surface area contributed by atoms with Gasteiger partial charge in [0.05, 0.1) is 10.9 Å². The summed E-state index contributed by atoms with van der Waals surface area (Å²) in [5.41, 5.74) is 1.01. The van der Waals surface area contributed by atoms with E-state index in [-0.39, 0.29) is 27.9 Å². The Balaban J connectivity index is 0.00000189. The van der Waals surface area contributed by atoms with Crippen molar-refractivity contribution in [3.05, 3.63) is 66.1 Å². The van der Waals surface area contributed by atoms with Gasteiger partial charge in [-0.25, -0.2) is 8.42 Å². The highest BCUT2D eigenvalue weighted by Gasteiger charge is 2.38. The number of rotatable bonds is 9. The number of ketones is 1. The average molecular weight is 580 g/mol. The molecule has 1 unspecified atom stereocenters. The fourth-order valence-electron chi connectivity index (χ4n) is 5.28. The summed E-state index contributed by atoms with van der Waals surface area (Å²) in [5, 5.41) is 6.74. The molecule has 41 heavy (non-hydrogen) atoms. The Morgan fingerprint density at radius 1 is 1.07 bits per heavy atom. The van der Waals surface area contributed by atoms with E-state index in [2.05, 4.69) is 32.1 Å². The highest BCUT2D eigenvalue weighted by Crippen LogP contribution is 2.42. The molecule has 218 valence electrons. The van der Waals surface area contributed by atoms with Gasteiger partial charge in [0.1, 0.15) is 11.9 Å². The lowest BCUT2D eigenvalue weighted by Crippen LogP contribution is -2.46. The Morgan fingerprint density at radius 3 is 2.41 bits per heavy atom. The molecule has 2 N–H and O–H groups in total. The van der Waals surface area contributed by atoms with Crippen LogP contribution in [0.5, 0.6) is 0 Å². The number of hydrogen-bond acceptors (Lipinski definition) is 8. The quantitative estimate of drug-likeness (QED) is 0.343. The highest BCUT2D eigenvalue weighted by molar-refractivity contribution is 7.90. The number of Topliss-reactive ketones (excluding diaryl/α,β-unsaturated/α-hetero) is 1. The van der Waals surface area contributed by atoms with Crippen molar-refractivity contribution in [1.82, 2.24) is 20.2 Å². The number of aromatic nitrogens is 2. The molecule has 0 saturated heterocycles. The number of amides is 1. The lowest BCUT2D eigenvalue weighted by Gasteiger charge is -2.28. The van der Waals surface area contributed by atoms with Crippen molar-refractivity contribution in [3.63, 3.8) is 0 Å². The van der Waals surface area contributed by atoms with Crippen LogP contribution in [0.3, 0.4) is 0 Å². The van der Waals surface area contributed by atoms with Crippen molar-refractivity contribution >= 4 is 27.5 Å². The average Bonchev–Trinajstić information content (AvgIpc) is 3.71. The lowest BCUT2D eigenvalue weighted by atomic mass is 9.82. The number of nitrogens with one attached hydrogen (secondary N) is 2. The third kappa shape index (κ3) is 6.73.